The Morgan fingerprint density at radius 1 is 1.31 bits per heavy atom. The minimum absolute atomic E-state index is 0.0429. The number of nitrogens with one attached hydrogen (secondary N) is 1. The number of ether oxygens (including phenoxy) is 1. The summed E-state index contributed by atoms with van der Waals surface area (Å²) in [4.78, 5) is 26.7. The minimum atomic E-state index is -0.544. The maximum Gasteiger partial charge on any atom is 0.226 e. The standard InChI is InChI=1S/C26H36FN5O3S/c1-17-13-31(14-18(2)35-17)11-10-24(36-26(34)22-8-6-7-9-23(22)27)19(3)32(16-33)15-21-12-29-20(4)30-25(21)28-5/h6-9,12,17-18,33H,10-11,13-16H2,1-5H3,(H,28,29,30)/b24-19-. The molecular weight excluding hydrogens is 481 g/mol. The zero-order valence-corrected chi connectivity index (χ0v) is 22.4. The SMILES string of the molecule is CNc1nc(C)ncc1CN(CO)/C(C)=C(/CCN1CC(C)OC(C)C1)SC(=O)c1ccccc1F. The lowest BCUT2D eigenvalue weighted by atomic mass is 10.2. The van der Waals surface area contributed by atoms with Gasteiger partial charge in [-0.3, -0.25) is 9.69 Å². The molecule has 1 saturated heterocycles. The van der Waals surface area contributed by atoms with Crippen LogP contribution in [0.1, 0.15) is 48.9 Å². The van der Waals surface area contributed by atoms with Gasteiger partial charge in [-0.25, -0.2) is 14.4 Å². The van der Waals surface area contributed by atoms with E-state index in [2.05, 4.69) is 34.0 Å². The van der Waals surface area contributed by atoms with Crippen LogP contribution in [0, 0.1) is 12.7 Å². The smallest absolute Gasteiger partial charge is 0.226 e. The molecular formula is C26H36FN5O3S. The first kappa shape index (κ1) is 28.0. The highest BCUT2D eigenvalue weighted by atomic mass is 32.2. The van der Waals surface area contributed by atoms with Crippen LogP contribution >= 0.6 is 11.8 Å². The number of hydrogen-bond acceptors (Lipinski definition) is 9. The van der Waals surface area contributed by atoms with E-state index < -0.39 is 5.82 Å². The Morgan fingerprint density at radius 3 is 2.64 bits per heavy atom. The summed E-state index contributed by atoms with van der Waals surface area (Å²) in [6, 6.07) is 6.00. The Balaban J connectivity index is 1.87. The topological polar surface area (TPSA) is 90.8 Å². The summed E-state index contributed by atoms with van der Waals surface area (Å²) in [6.45, 7) is 10.2. The van der Waals surface area contributed by atoms with Crippen LogP contribution in [-0.4, -0.2) is 75.6 Å². The Bertz CT molecular complexity index is 1070. The number of rotatable bonds is 10. The number of nitrogens with zero attached hydrogens (tertiary/aromatic N) is 4. The van der Waals surface area contributed by atoms with E-state index in [0.717, 1.165) is 47.6 Å². The molecule has 3 rings (SSSR count). The molecule has 8 nitrogen and oxygen atoms in total. The Kier molecular flexibility index (Phi) is 10.2. The van der Waals surface area contributed by atoms with Gasteiger partial charge in [-0.1, -0.05) is 12.1 Å². The number of halogens is 1. The number of morpholine rings is 1. The van der Waals surface area contributed by atoms with Crippen molar-refractivity contribution in [2.45, 2.75) is 52.9 Å². The molecule has 0 saturated carbocycles. The molecule has 2 N–H and O–H groups in total. The number of aliphatic hydroxyl groups excluding tert-OH is 1. The maximum atomic E-state index is 14.3. The van der Waals surface area contributed by atoms with Crippen molar-refractivity contribution in [3.05, 3.63) is 63.8 Å². The van der Waals surface area contributed by atoms with Crippen molar-refractivity contribution in [3.63, 3.8) is 0 Å². The third-order valence-electron chi connectivity index (χ3n) is 6.09. The van der Waals surface area contributed by atoms with E-state index in [9.17, 15) is 14.3 Å². The average Bonchev–Trinajstić information content (AvgIpc) is 2.84. The quantitative estimate of drug-likeness (QED) is 0.454. The number of aryl methyl sites for hydroxylation is 1. The van der Waals surface area contributed by atoms with Gasteiger partial charge in [0.15, 0.2) is 0 Å². The van der Waals surface area contributed by atoms with Crippen LogP contribution in [-0.2, 0) is 11.3 Å². The molecule has 0 bridgehead atoms. The minimum Gasteiger partial charge on any atom is -0.376 e. The van der Waals surface area contributed by atoms with Crippen molar-refractivity contribution in [2.75, 3.05) is 38.7 Å². The van der Waals surface area contributed by atoms with Crippen molar-refractivity contribution in [1.29, 1.82) is 0 Å². The van der Waals surface area contributed by atoms with Gasteiger partial charge in [0, 0.05) is 49.0 Å². The first-order valence-electron chi connectivity index (χ1n) is 12.1. The summed E-state index contributed by atoms with van der Waals surface area (Å²) in [5.41, 5.74) is 1.61. The fraction of sp³-hybridized carbons (Fsp3) is 0.500. The molecule has 36 heavy (non-hydrogen) atoms. The molecule has 0 spiro atoms. The second-order valence-electron chi connectivity index (χ2n) is 9.03. The lowest BCUT2D eigenvalue weighted by Crippen LogP contribution is -2.45. The Hall–Kier alpha value is -2.53. The number of thioether (sulfide) groups is 1. The van der Waals surface area contributed by atoms with Crippen molar-refractivity contribution < 1.29 is 19.0 Å². The van der Waals surface area contributed by atoms with E-state index in [4.69, 9.17) is 4.74 Å². The number of aromatic nitrogens is 2. The van der Waals surface area contributed by atoms with Gasteiger partial charge in [0.2, 0.25) is 5.12 Å². The van der Waals surface area contributed by atoms with Crippen LogP contribution in [0.25, 0.3) is 0 Å². The molecule has 2 aromatic rings. The molecule has 0 amide bonds. The molecule has 1 aliphatic rings. The second-order valence-corrected chi connectivity index (χ2v) is 10.1. The summed E-state index contributed by atoms with van der Waals surface area (Å²) in [5, 5.41) is 13.0. The van der Waals surface area contributed by atoms with Gasteiger partial charge < -0.3 is 20.1 Å². The van der Waals surface area contributed by atoms with E-state index in [1.54, 1.807) is 30.3 Å². The highest BCUT2D eigenvalue weighted by Gasteiger charge is 2.24. The highest BCUT2D eigenvalue weighted by molar-refractivity contribution is 8.17. The van der Waals surface area contributed by atoms with Crippen LogP contribution in [0.4, 0.5) is 10.2 Å². The van der Waals surface area contributed by atoms with Crippen LogP contribution in [0.5, 0.6) is 0 Å². The predicted octanol–water partition coefficient (Wildman–Crippen LogP) is 4.02. The Morgan fingerprint density at radius 2 is 2.00 bits per heavy atom. The van der Waals surface area contributed by atoms with E-state index in [0.29, 0.717) is 24.6 Å². The summed E-state index contributed by atoms with van der Waals surface area (Å²) >= 11 is 1.02. The summed E-state index contributed by atoms with van der Waals surface area (Å²) in [5.74, 6) is 0.783. The van der Waals surface area contributed by atoms with Gasteiger partial charge >= 0.3 is 0 Å². The molecule has 2 atom stereocenters. The van der Waals surface area contributed by atoms with Crippen LogP contribution < -0.4 is 5.32 Å². The fourth-order valence-electron chi connectivity index (χ4n) is 4.31. The molecule has 0 aliphatic carbocycles. The maximum absolute atomic E-state index is 14.3. The van der Waals surface area contributed by atoms with Gasteiger partial charge in [0.1, 0.15) is 24.2 Å². The normalized spacial score (nSPS) is 19.1. The second kappa shape index (κ2) is 13.1. The van der Waals surface area contributed by atoms with Gasteiger partial charge in [0.25, 0.3) is 0 Å². The van der Waals surface area contributed by atoms with E-state index in [1.165, 1.54) is 12.1 Å². The first-order valence-corrected chi connectivity index (χ1v) is 12.9. The largest absolute Gasteiger partial charge is 0.376 e. The summed E-state index contributed by atoms with van der Waals surface area (Å²) in [6.07, 6.45) is 2.57. The van der Waals surface area contributed by atoms with Crippen molar-refractivity contribution >= 4 is 22.7 Å². The number of carbonyl (C=O) groups is 1. The van der Waals surface area contributed by atoms with Crippen molar-refractivity contribution in [3.8, 4) is 0 Å². The molecule has 1 fully saturated rings. The van der Waals surface area contributed by atoms with Crippen molar-refractivity contribution in [2.24, 2.45) is 0 Å². The third-order valence-corrected chi connectivity index (χ3v) is 7.24. The lowest BCUT2D eigenvalue weighted by Gasteiger charge is -2.35. The number of benzene rings is 1. The van der Waals surface area contributed by atoms with Crippen LogP contribution in [0.2, 0.25) is 0 Å². The molecule has 0 radical (unpaired) electrons. The zero-order valence-electron chi connectivity index (χ0n) is 21.6. The Labute approximate surface area is 216 Å². The molecule has 10 heteroatoms. The summed E-state index contributed by atoms with van der Waals surface area (Å²) < 4.78 is 20.2. The molecule has 1 aliphatic heterocycles. The van der Waals surface area contributed by atoms with Gasteiger partial charge in [-0.2, -0.15) is 0 Å². The monoisotopic (exact) mass is 517 g/mol. The van der Waals surface area contributed by atoms with E-state index in [1.807, 2.05) is 13.8 Å². The highest BCUT2D eigenvalue weighted by Crippen LogP contribution is 2.31. The third kappa shape index (κ3) is 7.49. The number of carbonyl (C=O) groups excluding carboxylic acids is 1. The molecule has 1 aromatic carbocycles. The zero-order chi connectivity index (χ0) is 26.2. The van der Waals surface area contributed by atoms with Gasteiger partial charge in [-0.15, -0.1) is 0 Å². The van der Waals surface area contributed by atoms with Crippen molar-refractivity contribution in [1.82, 2.24) is 19.8 Å². The molecule has 196 valence electrons. The fourth-order valence-corrected chi connectivity index (χ4v) is 5.28. The van der Waals surface area contributed by atoms with E-state index in [-0.39, 0.29) is 29.6 Å². The predicted molar refractivity (Wildman–Crippen MR) is 141 cm³/mol. The number of anilines is 1. The van der Waals surface area contributed by atoms with Gasteiger partial charge in [-0.05, 0) is 58.0 Å². The van der Waals surface area contributed by atoms with Crippen LogP contribution in [0.15, 0.2) is 41.1 Å². The van der Waals surface area contributed by atoms with Gasteiger partial charge in [0.05, 0.1) is 24.3 Å². The van der Waals surface area contributed by atoms with E-state index >= 15 is 0 Å². The number of aliphatic hydroxyl groups is 1. The molecule has 2 heterocycles. The lowest BCUT2D eigenvalue weighted by molar-refractivity contribution is -0.0674. The number of allylic oxidation sites excluding steroid dienone is 1. The molecule has 2 unspecified atom stereocenters. The average molecular weight is 518 g/mol. The first-order chi connectivity index (χ1) is 17.2. The molecule has 1 aromatic heterocycles. The summed E-state index contributed by atoms with van der Waals surface area (Å²) in [7, 11) is 1.79. The number of hydrogen-bond donors (Lipinski definition) is 2. The van der Waals surface area contributed by atoms with Crippen LogP contribution in [0.3, 0.4) is 0 Å².